The summed E-state index contributed by atoms with van der Waals surface area (Å²) in [5.41, 5.74) is 13.9. The molecule has 9 atom stereocenters. The number of aromatic amines is 1. The molecule has 0 unspecified atom stereocenters. The second-order valence-corrected chi connectivity index (χ2v) is 22.6. The van der Waals surface area contributed by atoms with Gasteiger partial charge in [0, 0.05) is 73.3 Å². The van der Waals surface area contributed by atoms with E-state index in [-0.39, 0.29) is 73.8 Å². The van der Waals surface area contributed by atoms with Crippen LogP contribution in [0.1, 0.15) is 55.4 Å². The Hall–Kier alpha value is -8.73. The number of benzene rings is 4. The standard InChI is InChI=1S/C56H68N12O14S2/c1-30(69)48-56(80)66-47(54(78)62-42(49(58)73)23-33-12-18-37(71)19-13-33)29-84-83-28-46(65-51(75)43(60-31(2)70)24-32-10-16-36(17-11-32)68(81)82)55(79)63-44(25-34-14-20-38(72)21-15-34)52(76)64-45(26-35-27-59-40-8-4-3-7-39(35)40)53(77)61-41(50(74)67-48)9-5-6-22-57/h3-4,7-8,10-21,27,30,41-48,59,69,71-72H,5-6,9,22-26,28-29,57H2,1-2H3,(H2,58,73)(H,60,70)(H,61,77)(H,62,78)(H,63,79)(H,64,76)(H,65,75)(H,66,80)(H,67,74)/t30-,41+,42-,43+,44+,45-,46-,47+,48-/m1/s1. The van der Waals surface area contributed by atoms with Gasteiger partial charge in [-0.25, -0.2) is 0 Å². The molecule has 0 radical (unpaired) electrons. The van der Waals surface area contributed by atoms with Crippen LogP contribution in [0.3, 0.4) is 0 Å². The summed E-state index contributed by atoms with van der Waals surface area (Å²) in [6, 6.07) is 11.7. The number of fused-ring (bicyclic) bond motifs is 1. The number of carbonyl (C=O) groups is 9. The zero-order chi connectivity index (χ0) is 61.0. The van der Waals surface area contributed by atoms with Gasteiger partial charge in [0.2, 0.25) is 53.2 Å². The molecule has 448 valence electrons. The first-order valence-electron chi connectivity index (χ1n) is 26.7. The SMILES string of the molecule is CC(=O)N[C@@H](Cc1ccc([N+](=O)[O-])cc1)C(=O)N[C@@H]1CSSC[C@@H](C(=O)N[C@H](Cc2ccc(O)cc2)C(N)=O)NC(=O)[C@@H]([C@@H](C)O)NC(=O)[C@H](CCCCN)NC(=O)[C@@H](Cc2c[nH]c3ccccc23)NC(=O)[C@H](Cc2ccc(O)cc2)NC1=O. The Morgan fingerprint density at radius 1 is 0.690 bits per heavy atom. The molecule has 2 heterocycles. The van der Waals surface area contributed by atoms with Gasteiger partial charge in [0.1, 0.15) is 59.8 Å². The number of primary amides is 1. The second kappa shape index (κ2) is 31.1. The van der Waals surface area contributed by atoms with Crippen molar-refractivity contribution in [3.8, 4) is 11.5 Å². The van der Waals surface area contributed by atoms with Gasteiger partial charge in [-0.2, -0.15) is 0 Å². The van der Waals surface area contributed by atoms with Crippen LogP contribution >= 0.6 is 21.6 Å². The molecule has 16 N–H and O–H groups in total. The van der Waals surface area contributed by atoms with Crippen molar-refractivity contribution in [3.05, 3.63) is 136 Å². The number of nitrogens with two attached hydrogens (primary N) is 2. The Balaban J connectivity index is 1.42. The Kier molecular flexibility index (Phi) is 23.8. The van der Waals surface area contributed by atoms with Gasteiger partial charge < -0.3 is 74.3 Å². The summed E-state index contributed by atoms with van der Waals surface area (Å²) in [6.45, 7) is 2.56. The number of hydrogen-bond donors (Lipinski definition) is 14. The number of non-ortho nitro benzene ring substituents is 1. The van der Waals surface area contributed by atoms with Crippen LogP contribution in [0.2, 0.25) is 0 Å². The van der Waals surface area contributed by atoms with Crippen molar-refractivity contribution in [1.29, 1.82) is 0 Å². The molecule has 0 bridgehead atoms. The minimum Gasteiger partial charge on any atom is -0.508 e. The summed E-state index contributed by atoms with van der Waals surface area (Å²) < 4.78 is 0. The molecule has 6 rings (SSSR count). The zero-order valence-corrected chi connectivity index (χ0v) is 47.5. The summed E-state index contributed by atoms with van der Waals surface area (Å²) >= 11 is 0. The third-order valence-corrected chi connectivity index (χ3v) is 15.9. The number of aromatic nitrogens is 1. The van der Waals surface area contributed by atoms with E-state index in [2.05, 4.69) is 47.5 Å². The number of H-pyrrole nitrogens is 1. The molecule has 0 spiro atoms. The fraction of sp³-hybridized carbons (Fsp3) is 0.375. The van der Waals surface area contributed by atoms with Crippen LogP contribution in [0.4, 0.5) is 5.69 Å². The highest BCUT2D eigenvalue weighted by molar-refractivity contribution is 8.76. The van der Waals surface area contributed by atoms with Gasteiger partial charge in [-0.1, -0.05) is 76.2 Å². The van der Waals surface area contributed by atoms with E-state index in [4.69, 9.17) is 11.5 Å². The molecular weight excluding hydrogens is 1130 g/mol. The Morgan fingerprint density at radius 2 is 1.25 bits per heavy atom. The second-order valence-electron chi connectivity index (χ2n) is 20.0. The molecule has 1 saturated heterocycles. The van der Waals surface area contributed by atoms with Crippen molar-refractivity contribution in [2.75, 3.05) is 18.1 Å². The smallest absolute Gasteiger partial charge is 0.269 e. The van der Waals surface area contributed by atoms with E-state index in [0.717, 1.165) is 28.5 Å². The lowest BCUT2D eigenvalue weighted by Gasteiger charge is -2.29. The molecule has 1 aliphatic heterocycles. The molecule has 84 heavy (non-hydrogen) atoms. The highest BCUT2D eigenvalue weighted by Crippen LogP contribution is 2.25. The third-order valence-electron chi connectivity index (χ3n) is 13.5. The third kappa shape index (κ3) is 19.2. The highest BCUT2D eigenvalue weighted by atomic mass is 33.1. The molecule has 4 aromatic carbocycles. The molecule has 28 heteroatoms. The van der Waals surface area contributed by atoms with Crippen LogP contribution in [0, 0.1) is 10.1 Å². The first-order chi connectivity index (χ1) is 40.1. The first kappa shape index (κ1) is 64.4. The number of nitro benzene ring substituents is 1. The van der Waals surface area contributed by atoms with Crippen molar-refractivity contribution in [1.82, 2.24) is 47.5 Å². The minimum atomic E-state index is -1.78. The number of carbonyl (C=O) groups excluding carboxylic acids is 9. The van der Waals surface area contributed by atoms with Crippen molar-refractivity contribution in [2.24, 2.45) is 11.5 Å². The van der Waals surface area contributed by atoms with E-state index >= 15 is 0 Å². The molecule has 0 saturated carbocycles. The lowest BCUT2D eigenvalue weighted by molar-refractivity contribution is -0.384. The lowest BCUT2D eigenvalue weighted by Crippen LogP contribution is -2.62. The average molecular weight is 1200 g/mol. The van der Waals surface area contributed by atoms with Crippen molar-refractivity contribution in [3.63, 3.8) is 0 Å². The highest BCUT2D eigenvalue weighted by Gasteiger charge is 2.37. The number of nitro groups is 1. The van der Waals surface area contributed by atoms with Crippen LogP contribution in [0.25, 0.3) is 10.9 Å². The maximum atomic E-state index is 14.9. The maximum Gasteiger partial charge on any atom is 0.269 e. The van der Waals surface area contributed by atoms with Crippen LogP contribution in [0.5, 0.6) is 11.5 Å². The van der Waals surface area contributed by atoms with Crippen LogP contribution in [-0.2, 0) is 68.8 Å². The van der Waals surface area contributed by atoms with Gasteiger partial charge in [-0.15, -0.1) is 0 Å². The number of unbranched alkanes of at least 4 members (excludes halogenated alkanes) is 1. The Bertz CT molecular complexity index is 3150. The van der Waals surface area contributed by atoms with Gasteiger partial charge in [-0.05, 0) is 85.3 Å². The van der Waals surface area contributed by atoms with Crippen molar-refractivity contribution < 1.29 is 63.4 Å². The van der Waals surface area contributed by atoms with Crippen LogP contribution < -0.4 is 54.0 Å². The molecule has 0 aliphatic carbocycles. The Morgan fingerprint density at radius 3 is 1.86 bits per heavy atom. The number of phenolic OH excluding ortho intramolecular Hbond substituents is 2. The number of aliphatic hydroxyl groups is 1. The molecule has 1 fully saturated rings. The quantitative estimate of drug-likeness (QED) is 0.0212. The molecular formula is C56H68N12O14S2. The van der Waals surface area contributed by atoms with E-state index in [9.17, 15) is 68.6 Å². The van der Waals surface area contributed by atoms with E-state index in [1.165, 1.54) is 79.7 Å². The number of nitrogens with one attached hydrogen (secondary N) is 9. The minimum absolute atomic E-state index is 0.0472. The van der Waals surface area contributed by atoms with E-state index in [0.29, 0.717) is 39.6 Å². The van der Waals surface area contributed by atoms with Gasteiger partial charge in [0.05, 0.1) is 11.0 Å². The van der Waals surface area contributed by atoms with Crippen LogP contribution in [0.15, 0.2) is 103 Å². The molecule has 1 aromatic heterocycles. The summed E-state index contributed by atoms with van der Waals surface area (Å²) in [4.78, 5) is 141. The molecule has 5 aromatic rings. The monoisotopic (exact) mass is 1200 g/mol. The van der Waals surface area contributed by atoms with Crippen LogP contribution in [-0.4, -0.2) is 151 Å². The van der Waals surface area contributed by atoms with Gasteiger partial charge in [-0.3, -0.25) is 53.3 Å². The molecule has 9 amide bonds. The number of aliphatic hydroxyl groups excluding tert-OH is 1. The topological polar surface area (TPSA) is 422 Å². The van der Waals surface area contributed by atoms with E-state index < -0.39 is 113 Å². The predicted molar refractivity (Wildman–Crippen MR) is 312 cm³/mol. The van der Waals surface area contributed by atoms with Gasteiger partial charge in [0.25, 0.3) is 5.69 Å². The van der Waals surface area contributed by atoms with E-state index in [1.54, 1.807) is 30.5 Å². The number of aromatic hydroxyl groups is 2. The van der Waals surface area contributed by atoms with Crippen molar-refractivity contribution >= 4 is 91.3 Å². The summed E-state index contributed by atoms with van der Waals surface area (Å²) in [5.74, 6) is -9.11. The number of amides is 9. The Labute approximate surface area is 490 Å². The fourth-order valence-corrected chi connectivity index (χ4v) is 11.3. The summed E-state index contributed by atoms with van der Waals surface area (Å²) in [5, 5.41) is 64.1. The number of hydrogen-bond acceptors (Lipinski definition) is 17. The number of phenols is 2. The predicted octanol–water partition coefficient (Wildman–Crippen LogP) is 0.0463. The normalized spacial score (nSPS) is 20.5. The molecule has 1 aliphatic rings. The number of rotatable bonds is 20. The lowest BCUT2D eigenvalue weighted by atomic mass is 10.0. The van der Waals surface area contributed by atoms with Crippen molar-refractivity contribution in [2.45, 2.75) is 113 Å². The van der Waals surface area contributed by atoms with E-state index in [1.807, 2.05) is 0 Å². The molecule has 26 nitrogen and oxygen atoms in total. The van der Waals surface area contributed by atoms with Gasteiger partial charge >= 0.3 is 0 Å². The largest absolute Gasteiger partial charge is 0.508 e. The average Bonchev–Trinajstić information content (AvgIpc) is 3.90. The number of para-hydroxylation sites is 1. The first-order valence-corrected chi connectivity index (χ1v) is 29.2. The maximum absolute atomic E-state index is 14.9. The zero-order valence-electron chi connectivity index (χ0n) is 45.8. The van der Waals surface area contributed by atoms with Gasteiger partial charge in [0.15, 0.2) is 0 Å². The summed E-state index contributed by atoms with van der Waals surface area (Å²) in [7, 11) is 1.80. The number of nitrogens with zero attached hydrogens (tertiary/aromatic N) is 1. The summed E-state index contributed by atoms with van der Waals surface area (Å²) in [6.07, 6.45) is -0.147. The fourth-order valence-electron chi connectivity index (χ4n) is 8.98.